The summed E-state index contributed by atoms with van der Waals surface area (Å²) < 4.78 is 15.4. The first kappa shape index (κ1) is 31.8. The lowest BCUT2D eigenvalue weighted by atomic mass is 10.0. The fourth-order valence-electron chi connectivity index (χ4n) is 7.96. The third-order valence-electron chi connectivity index (χ3n) is 10.6. The van der Waals surface area contributed by atoms with Crippen molar-refractivity contribution in [3.05, 3.63) is 164 Å². The van der Waals surface area contributed by atoms with Gasteiger partial charge in [0.1, 0.15) is 28.0 Å². The Balaban J connectivity index is 1.05. The molecule has 57 heavy (non-hydrogen) atoms. The topological polar surface area (TPSA) is 90.7 Å². The molecule has 0 spiro atoms. The van der Waals surface area contributed by atoms with Crippen LogP contribution in [0.15, 0.2) is 173 Å². The Morgan fingerprint density at radius 1 is 0.368 bits per heavy atom. The van der Waals surface area contributed by atoms with E-state index in [1.807, 2.05) is 103 Å². The van der Waals surface area contributed by atoms with Crippen LogP contribution in [0.25, 0.3) is 121 Å². The second-order valence-corrected chi connectivity index (χ2v) is 15.1. The lowest BCUT2D eigenvalue weighted by Gasteiger charge is -2.09. The number of benzene rings is 7. The van der Waals surface area contributed by atoms with E-state index < -0.39 is 0 Å². The summed E-state index contributed by atoms with van der Waals surface area (Å²) in [7, 11) is 0. The number of nitrogens with zero attached hydrogens (tertiary/aromatic N) is 5. The summed E-state index contributed by atoms with van der Waals surface area (Å²) in [5.74, 6) is 2.38. The summed E-state index contributed by atoms with van der Waals surface area (Å²) in [6.45, 7) is 0. The van der Waals surface area contributed by atoms with E-state index in [-0.39, 0.29) is 0 Å². The van der Waals surface area contributed by atoms with Crippen molar-refractivity contribution in [3.63, 3.8) is 0 Å². The number of furan rings is 2. The average Bonchev–Trinajstić information content (AvgIpc) is 3.97. The highest BCUT2D eigenvalue weighted by Crippen LogP contribution is 2.42. The molecule has 7 aromatic carbocycles. The molecule has 0 saturated heterocycles. The van der Waals surface area contributed by atoms with E-state index in [2.05, 4.69) is 60.7 Å². The highest BCUT2D eigenvalue weighted by Gasteiger charge is 2.22. The molecule has 0 fully saturated rings. The largest absolute Gasteiger partial charge is 0.456 e. The maximum Gasteiger partial charge on any atom is 0.180 e. The van der Waals surface area contributed by atoms with Crippen molar-refractivity contribution in [3.8, 4) is 56.8 Å². The van der Waals surface area contributed by atoms with Gasteiger partial charge in [0.15, 0.2) is 28.9 Å². The fraction of sp³-hybridized carbons (Fsp3) is 0. The van der Waals surface area contributed by atoms with Gasteiger partial charge in [-0.3, -0.25) is 0 Å². The van der Waals surface area contributed by atoms with E-state index in [1.54, 1.807) is 11.3 Å². The molecule has 0 saturated carbocycles. The third kappa shape index (κ3) is 5.08. The Bertz CT molecular complexity index is 3540. The summed E-state index contributed by atoms with van der Waals surface area (Å²) in [6.07, 6.45) is 0. The van der Waals surface area contributed by atoms with Gasteiger partial charge in [0, 0.05) is 64.1 Å². The predicted molar refractivity (Wildman–Crippen MR) is 230 cm³/mol. The summed E-state index contributed by atoms with van der Waals surface area (Å²) in [5.41, 5.74) is 8.91. The number of hydrogen-bond acceptors (Lipinski definition) is 8. The molecule has 0 radical (unpaired) electrons. The van der Waals surface area contributed by atoms with Gasteiger partial charge in [0.25, 0.3) is 0 Å². The Labute approximate surface area is 328 Å². The first-order valence-corrected chi connectivity index (χ1v) is 19.5. The van der Waals surface area contributed by atoms with Gasteiger partial charge in [-0.05, 0) is 42.5 Å². The molecule has 12 rings (SSSR count). The minimum atomic E-state index is 0.561. The third-order valence-corrected chi connectivity index (χ3v) is 11.7. The van der Waals surface area contributed by atoms with Crippen LogP contribution in [-0.2, 0) is 0 Å². The Hall–Kier alpha value is -7.55. The molecule has 0 atom stereocenters. The van der Waals surface area contributed by atoms with E-state index in [0.717, 1.165) is 71.7 Å². The maximum absolute atomic E-state index is 6.62. The van der Waals surface area contributed by atoms with Crippen LogP contribution >= 0.6 is 11.3 Å². The molecule has 266 valence electrons. The number of rotatable bonds is 5. The molecule has 0 N–H and O–H groups in total. The van der Waals surface area contributed by atoms with Gasteiger partial charge >= 0.3 is 0 Å². The predicted octanol–water partition coefficient (Wildman–Crippen LogP) is 13.2. The first-order valence-electron chi connectivity index (χ1n) is 18.7. The molecule has 8 heteroatoms. The standard InChI is InChI=1S/C49H27N5O2S/c1-3-13-28(14-4-1)43-45-44(32-17-7-9-21-36(32)56-45)51-48(50-43)34-19-11-22-37-41(34)31-26-25-30(27-38(31)55-37)47-52-46(29-15-5-2-6-16-29)53-49(54-47)35-20-12-24-40-42(35)33-18-8-10-23-39(33)57-40/h1-27H. The minimum Gasteiger partial charge on any atom is -0.456 e. The second kappa shape index (κ2) is 12.5. The van der Waals surface area contributed by atoms with Gasteiger partial charge in [-0.2, -0.15) is 0 Å². The molecule has 12 aromatic rings. The lowest BCUT2D eigenvalue weighted by molar-refractivity contribution is 0.667. The molecule has 0 aliphatic carbocycles. The zero-order valence-corrected chi connectivity index (χ0v) is 30.9. The van der Waals surface area contributed by atoms with Crippen molar-refractivity contribution in [2.45, 2.75) is 0 Å². The zero-order valence-electron chi connectivity index (χ0n) is 30.0. The second-order valence-electron chi connectivity index (χ2n) is 14.0. The van der Waals surface area contributed by atoms with Crippen molar-refractivity contribution in [1.29, 1.82) is 0 Å². The minimum absolute atomic E-state index is 0.561. The molecular weight excluding hydrogens is 723 g/mol. The Kier molecular flexibility index (Phi) is 6.96. The van der Waals surface area contributed by atoms with Gasteiger partial charge < -0.3 is 8.83 Å². The van der Waals surface area contributed by atoms with Gasteiger partial charge in [-0.1, -0.05) is 121 Å². The molecule has 5 aromatic heterocycles. The Morgan fingerprint density at radius 2 is 1.00 bits per heavy atom. The first-order chi connectivity index (χ1) is 28.2. The SMILES string of the molecule is c1ccc(-c2nc(-c3ccc4c(c3)oc3cccc(-c5nc(-c6ccccc6)c6oc7ccccc7c6n5)c34)nc(-c3cccc4sc5ccccc5c34)n2)cc1. The number of hydrogen-bond donors (Lipinski definition) is 0. The number of thiophene rings is 1. The summed E-state index contributed by atoms with van der Waals surface area (Å²) >= 11 is 1.78. The van der Waals surface area contributed by atoms with Crippen LogP contribution in [0, 0.1) is 0 Å². The van der Waals surface area contributed by atoms with Crippen LogP contribution in [0.2, 0.25) is 0 Å². The van der Waals surface area contributed by atoms with Gasteiger partial charge in [0.2, 0.25) is 0 Å². The van der Waals surface area contributed by atoms with Gasteiger partial charge in [-0.15, -0.1) is 11.3 Å². The van der Waals surface area contributed by atoms with E-state index in [4.69, 9.17) is 33.8 Å². The highest BCUT2D eigenvalue weighted by atomic mass is 32.1. The molecule has 7 nitrogen and oxygen atoms in total. The normalized spacial score (nSPS) is 11.9. The summed E-state index contributed by atoms with van der Waals surface area (Å²) in [5, 5.41) is 5.16. The van der Waals surface area contributed by atoms with E-state index in [9.17, 15) is 0 Å². The average molecular weight is 750 g/mol. The molecule has 5 heterocycles. The van der Waals surface area contributed by atoms with Crippen LogP contribution in [0.1, 0.15) is 0 Å². The van der Waals surface area contributed by atoms with Crippen molar-refractivity contribution in [1.82, 2.24) is 24.9 Å². The molecule has 0 aliphatic heterocycles. The zero-order chi connectivity index (χ0) is 37.5. The summed E-state index contributed by atoms with van der Waals surface area (Å²) in [4.78, 5) is 25.6. The van der Waals surface area contributed by atoms with E-state index in [1.165, 1.54) is 14.8 Å². The van der Waals surface area contributed by atoms with Crippen molar-refractivity contribution in [2.75, 3.05) is 0 Å². The maximum atomic E-state index is 6.62. The van der Waals surface area contributed by atoms with Crippen LogP contribution in [0.4, 0.5) is 0 Å². The number of para-hydroxylation sites is 1. The van der Waals surface area contributed by atoms with Crippen LogP contribution in [0.5, 0.6) is 0 Å². The van der Waals surface area contributed by atoms with Crippen LogP contribution < -0.4 is 0 Å². The molecule has 0 aliphatic rings. The van der Waals surface area contributed by atoms with E-state index >= 15 is 0 Å². The highest BCUT2D eigenvalue weighted by molar-refractivity contribution is 7.25. The van der Waals surface area contributed by atoms with Gasteiger partial charge in [0.05, 0.1) is 0 Å². The number of fused-ring (bicyclic) bond motifs is 9. The van der Waals surface area contributed by atoms with Crippen molar-refractivity contribution >= 4 is 75.5 Å². The molecule has 0 amide bonds. The fourth-order valence-corrected chi connectivity index (χ4v) is 9.09. The van der Waals surface area contributed by atoms with E-state index in [0.29, 0.717) is 34.5 Å². The molecular formula is C49H27N5O2S. The van der Waals surface area contributed by atoms with Crippen LogP contribution in [-0.4, -0.2) is 24.9 Å². The van der Waals surface area contributed by atoms with Crippen molar-refractivity contribution < 1.29 is 8.83 Å². The monoisotopic (exact) mass is 749 g/mol. The quantitative estimate of drug-likeness (QED) is 0.173. The number of aromatic nitrogens is 5. The molecule has 0 bridgehead atoms. The smallest absolute Gasteiger partial charge is 0.180 e. The van der Waals surface area contributed by atoms with Gasteiger partial charge in [-0.25, -0.2) is 24.9 Å². The molecule has 0 unspecified atom stereocenters. The Morgan fingerprint density at radius 3 is 1.84 bits per heavy atom. The van der Waals surface area contributed by atoms with Crippen molar-refractivity contribution in [2.24, 2.45) is 0 Å². The summed E-state index contributed by atoms with van der Waals surface area (Å²) in [6, 6.07) is 55.2. The lowest BCUT2D eigenvalue weighted by Crippen LogP contribution is -2.00. The van der Waals surface area contributed by atoms with Crippen LogP contribution in [0.3, 0.4) is 0 Å².